The molecule has 1 aliphatic rings. The number of benzene rings is 1. The predicted octanol–water partition coefficient (Wildman–Crippen LogP) is 3.50. The molecule has 0 saturated carbocycles. The van der Waals surface area contributed by atoms with Crippen LogP contribution < -0.4 is 15.4 Å². The van der Waals surface area contributed by atoms with Crippen molar-refractivity contribution in [2.24, 2.45) is 4.99 Å². The van der Waals surface area contributed by atoms with Gasteiger partial charge in [-0.3, -0.25) is 0 Å². The smallest absolute Gasteiger partial charge is 0.191 e. The number of rotatable bonds is 10. The second kappa shape index (κ2) is 11.9. The van der Waals surface area contributed by atoms with Gasteiger partial charge in [-0.05, 0) is 53.0 Å². The van der Waals surface area contributed by atoms with Crippen LogP contribution in [0.4, 0.5) is 0 Å². The van der Waals surface area contributed by atoms with Crippen molar-refractivity contribution in [1.82, 2.24) is 10.6 Å². The van der Waals surface area contributed by atoms with E-state index in [4.69, 9.17) is 19.2 Å². The van der Waals surface area contributed by atoms with Gasteiger partial charge in [0.25, 0.3) is 0 Å². The fourth-order valence-corrected chi connectivity index (χ4v) is 2.94. The molecule has 28 heavy (non-hydrogen) atoms. The molecule has 1 heterocycles. The fourth-order valence-electron chi connectivity index (χ4n) is 2.94. The second-order valence-electron chi connectivity index (χ2n) is 8.01. The van der Waals surface area contributed by atoms with Crippen molar-refractivity contribution >= 4 is 5.96 Å². The van der Waals surface area contributed by atoms with Crippen LogP contribution in [-0.4, -0.2) is 50.6 Å². The molecule has 6 nitrogen and oxygen atoms in total. The first-order chi connectivity index (χ1) is 13.5. The number of aliphatic imine (C=N–C) groups is 1. The second-order valence-corrected chi connectivity index (χ2v) is 8.01. The number of nitrogens with one attached hydrogen (secondary N) is 2. The summed E-state index contributed by atoms with van der Waals surface area (Å²) in [5, 5.41) is 6.67. The maximum Gasteiger partial charge on any atom is 0.191 e. The molecule has 2 rings (SSSR count). The Hall–Kier alpha value is -1.79. The Morgan fingerprint density at radius 2 is 2.07 bits per heavy atom. The quantitative estimate of drug-likeness (QED) is 0.363. The van der Waals surface area contributed by atoms with Crippen molar-refractivity contribution in [3.05, 3.63) is 29.8 Å². The topological polar surface area (TPSA) is 64.1 Å². The molecule has 1 aliphatic heterocycles. The molecule has 0 aromatic heterocycles. The lowest BCUT2D eigenvalue weighted by Gasteiger charge is -2.23. The van der Waals surface area contributed by atoms with Gasteiger partial charge in [0, 0.05) is 31.9 Å². The van der Waals surface area contributed by atoms with E-state index in [9.17, 15) is 0 Å². The summed E-state index contributed by atoms with van der Waals surface area (Å²) in [6.07, 6.45) is 3.50. The van der Waals surface area contributed by atoms with Crippen molar-refractivity contribution in [2.75, 3.05) is 32.9 Å². The summed E-state index contributed by atoms with van der Waals surface area (Å²) in [6, 6.07) is 8.08. The molecule has 1 aromatic carbocycles. The number of guanidine groups is 1. The molecular formula is C22H37N3O3. The Labute approximate surface area is 170 Å². The average Bonchev–Trinajstić information content (AvgIpc) is 3.15. The van der Waals surface area contributed by atoms with E-state index in [0.29, 0.717) is 19.3 Å². The molecule has 1 fully saturated rings. The van der Waals surface area contributed by atoms with E-state index in [1.54, 1.807) is 0 Å². The zero-order valence-corrected chi connectivity index (χ0v) is 17.9. The summed E-state index contributed by atoms with van der Waals surface area (Å²) in [6.45, 7) is 12.8. The molecule has 1 unspecified atom stereocenters. The van der Waals surface area contributed by atoms with Gasteiger partial charge in [-0.2, -0.15) is 0 Å². The van der Waals surface area contributed by atoms with Gasteiger partial charge < -0.3 is 24.8 Å². The highest BCUT2D eigenvalue weighted by Crippen LogP contribution is 2.23. The van der Waals surface area contributed by atoms with Crippen LogP contribution in [0.3, 0.4) is 0 Å². The van der Waals surface area contributed by atoms with Crippen LogP contribution >= 0.6 is 0 Å². The molecular weight excluding hydrogens is 354 g/mol. The fraction of sp³-hybridized carbons (Fsp3) is 0.682. The third-order valence-electron chi connectivity index (χ3n) is 4.23. The molecule has 0 aliphatic carbocycles. The van der Waals surface area contributed by atoms with Gasteiger partial charge in [-0.25, -0.2) is 4.99 Å². The summed E-state index contributed by atoms with van der Waals surface area (Å²) in [4.78, 5) is 4.71. The molecule has 0 bridgehead atoms. The number of hydrogen-bond acceptors (Lipinski definition) is 4. The van der Waals surface area contributed by atoms with Crippen LogP contribution in [0.2, 0.25) is 0 Å². The van der Waals surface area contributed by atoms with Crippen LogP contribution in [-0.2, 0) is 16.0 Å². The van der Waals surface area contributed by atoms with Gasteiger partial charge in [0.05, 0.1) is 19.3 Å². The molecule has 158 valence electrons. The highest BCUT2D eigenvalue weighted by atomic mass is 16.5. The first-order valence-corrected chi connectivity index (χ1v) is 10.5. The standard InChI is InChI=1S/C22H37N3O3/c1-5-23-21(24-13-9-14-26-17-19-11-8-15-27-19)25-16-18-10-6-7-12-20(18)28-22(2,3)4/h6-7,10,12,19H,5,8-9,11,13-17H2,1-4H3,(H2,23,24,25). The monoisotopic (exact) mass is 391 g/mol. The highest BCUT2D eigenvalue weighted by Gasteiger charge is 2.15. The number of nitrogens with zero attached hydrogens (tertiary/aromatic N) is 1. The van der Waals surface area contributed by atoms with Crippen molar-refractivity contribution in [3.8, 4) is 5.75 Å². The number of ether oxygens (including phenoxy) is 3. The molecule has 1 saturated heterocycles. The maximum absolute atomic E-state index is 6.06. The summed E-state index contributed by atoms with van der Waals surface area (Å²) >= 11 is 0. The lowest BCUT2D eigenvalue weighted by molar-refractivity contribution is 0.0168. The lowest BCUT2D eigenvalue weighted by atomic mass is 10.1. The molecule has 0 spiro atoms. The third kappa shape index (κ3) is 8.93. The number of hydrogen-bond donors (Lipinski definition) is 2. The Morgan fingerprint density at radius 1 is 1.25 bits per heavy atom. The van der Waals surface area contributed by atoms with E-state index in [2.05, 4.69) is 44.4 Å². The average molecular weight is 392 g/mol. The van der Waals surface area contributed by atoms with E-state index in [1.165, 1.54) is 0 Å². The van der Waals surface area contributed by atoms with Crippen LogP contribution in [0, 0.1) is 0 Å². The van der Waals surface area contributed by atoms with Crippen molar-refractivity contribution in [1.29, 1.82) is 0 Å². The minimum absolute atomic E-state index is 0.230. The predicted molar refractivity (Wildman–Crippen MR) is 114 cm³/mol. The summed E-state index contributed by atoms with van der Waals surface area (Å²) in [5.41, 5.74) is 0.848. The van der Waals surface area contributed by atoms with Crippen LogP contribution in [0.1, 0.15) is 52.5 Å². The third-order valence-corrected chi connectivity index (χ3v) is 4.23. The lowest BCUT2D eigenvalue weighted by Crippen LogP contribution is -2.38. The molecule has 1 aromatic rings. The minimum Gasteiger partial charge on any atom is -0.488 e. The van der Waals surface area contributed by atoms with Crippen molar-refractivity contribution in [2.45, 2.75) is 65.2 Å². The Kier molecular flexibility index (Phi) is 9.58. The van der Waals surface area contributed by atoms with Crippen LogP contribution in [0.15, 0.2) is 29.3 Å². The summed E-state index contributed by atoms with van der Waals surface area (Å²) in [7, 11) is 0. The van der Waals surface area contributed by atoms with E-state index in [1.807, 2.05) is 18.2 Å². The van der Waals surface area contributed by atoms with Gasteiger partial charge in [0.1, 0.15) is 11.4 Å². The first-order valence-electron chi connectivity index (χ1n) is 10.5. The molecule has 0 amide bonds. The molecule has 2 N–H and O–H groups in total. The van der Waals surface area contributed by atoms with E-state index in [-0.39, 0.29) is 5.60 Å². The maximum atomic E-state index is 6.06. The van der Waals surface area contributed by atoms with Crippen molar-refractivity contribution in [3.63, 3.8) is 0 Å². The van der Waals surface area contributed by atoms with Crippen molar-refractivity contribution < 1.29 is 14.2 Å². The van der Waals surface area contributed by atoms with Gasteiger partial charge in [-0.15, -0.1) is 0 Å². The first kappa shape index (κ1) is 22.5. The molecule has 0 radical (unpaired) electrons. The van der Waals surface area contributed by atoms with Gasteiger partial charge in [0.2, 0.25) is 0 Å². The van der Waals surface area contributed by atoms with Crippen LogP contribution in [0.5, 0.6) is 5.75 Å². The van der Waals surface area contributed by atoms with Gasteiger partial charge >= 0.3 is 0 Å². The van der Waals surface area contributed by atoms with E-state index >= 15 is 0 Å². The molecule has 1 atom stereocenters. The largest absolute Gasteiger partial charge is 0.488 e. The minimum atomic E-state index is -0.230. The van der Waals surface area contributed by atoms with E-state index in [0.717, 1.165) is 62.8 Å². The Balaban J connectivity index is 1.77. The van der Waals surface area contributed by atoms with Crippen LogP contribution in [0.25, 0.3) is 0 Å². The zero-order valence-electron chi connectivity index (χ0n) is 17.9. The normalized spacial score (nSPS) is 17.6. The Morgan fingerprint density at radius 3 is 2.79 bits per heavy atom. The van der Waals surface area contributed by atoms with Gasteiger partial charge in [0.15, 0.2) is 5.96 Å². The molecule has 6 heteroatoms. The Bertz CT molecular complexity index is 593. The number of para-hydroxylation sites is 1. The van der Waals surface area contributed by atoms with E-state index < -0.39 is 0 Å². The SMILES string of the molecule is CCNC(=NCc1ccccc1OC(C)(C)C)NCCCOCC1CCCO1. The summed E-state index contributed by atoms with van der Waals surface area (Å²) in [5.74, 6) is 1.70. The van der Waals surface area contributed by atoms with Gasteiger partial charge in [-0.1, -0.05) is 18.2 Å². The highest BCUT2D eigenvalue weighted by molar-refractivity contribution is 5.79. The zero-order chi connectivity index (χ0) is 20.2. The summed E-state index contributed by atoms with van der Waals surface area (Å²) < 4.78 is 17.3.